The Balaban J connectivity index is 0.000000233. The fraction of sp³-hybridized carbons (Fsp3) is 0.630. The molecule has 1 atom stereocenters. The van der Waals surface area contributed by atoms with Crippen LogP contribution in [0.25, 0.3) is 0 Å². The summed E-state index contributed by atoms with van der Waals surface area (Å²) in [6.07, 6.45) is 7.49. The molecule has 1 aromatic carbocycles. The first-order valence-electron chi connectivity index (χ1n) is 13.0. The van der Waals surface area contributed by atoms with Gasteiger partial charge in [0, 0.05) is 37.1 Å². The number of hydrogen-bond donors (Lipinski definition) is 2. The molecule has 8 nitrogen and oxygen atoms in total. The highest BCUT2D eigenvalue weighted by molar-refractivity contribution is 7.80. The molecular formula is C27H40N4O4S. The van der Waals surface area contributed by atoms with Gasteiger partial charge in [-0.1, -0.05) is 0 Å². The van der Waals surface area contributed by atoms with Gasteiger partial charge in [-0.15, -0.1) is 12.6 Å². The van der Waals surface area contributed by atoms with Crippen molar-refractivity contribution in [2.45, 2.75) is 75.6 Å². The molecule has 2 saturated heterocycles. The second kappa shape index (κ2) is 12.4. The molecule has 1 amide bonds. The number of likely N-dealkylation sites (tertiary alicyclic amines) is 2. The number of aryl methyl sites for hydroxylation is 2. The van der Waals surface area contributed by atoms with E-state index in [1.807, 2.05) is 30.9 Å². The van der Waals surface area contributed by atoms with E-state index in [9.17, 15) is 4.79 Å². The van der Waals surface area contributed by atoms with Crippen molar-refractivity contribution in [2.75, 3.05) is 40.3 Å². The van der Waals surface area contributed by atoms with Crippen molar-refractivity contribution < 1.29 is 18.7 Å². The summed E-state index contributed by atoms with van der Waals surface area (Å²) in [6.45, 7) is 8.25. The maximum atomic E-state index is 12.6. The van der Waals surface area contributed by atoms with E-state index >= 15 is 0 Å². The molecule has 1 unspecified atom stereocenters. The first-order chi connectivity index (χ1) is 17.3. The number of aromatic nitrogens is 1. The number of ether oxygens (including phenoxy) is 2. The Hall–Kier alpha value is -2.07. The predicted molar refractivity (Wildman–Crippen MR) is 142 cm³/mol. The molecular weight excluding hydrogens is 476 g/mol. The molecule has 0 bridgehead atoms. The minimum atomic E-state index is -0.0273. The van der Waals surface area contributed by atoms with E-state index in [4.69, 9.17) is 13.9 Å². The van der Waals surface area contributed by atoms with Crippen molar-refractivity contribution in [1.29, 1.82) is 0 Å². The molecule has 3 aliphatic rings. The highest BCUT2D eigenvalue weighted by Crippen LogP contribution is 2.24. The smallest absolute Gasteiger partial charge is 0.275 e. The number of hydrogen-bond acceptors (Lipinski definition) is 8. The van der Waals surface area contributed by atoms with Crippen LogP contribution in [0.4, 0.5) is 0 Å². The fourth-order valence-electron chi connectivity index (χ4n) is 4.68. The minimum Gasteiger partial charge on any atom is -0.497 e. The van der Waals surface area contributed by atoms with E-state index in [0.29, 0.717) is 30.3 Å². The summed E-state index contributed by atoms with van der Waals surface area (Å²) in [4.78, 5) is 22.2. The maximum absolute atomic E-state index is 12.6. The molecule has 2 aromatic rings. The standard InChI is InChI=1S/C18H28N4O3.C9H12OS/c1-21-7-4-15(11-21)25-14-5-8-22(9-6-14)18(23)16-12-24-17(20-16)10-19-13-2-3-13;1-6-4-8(10-3)5-7(2)9(6)11/h12-15,19H,2-11H2,1H3;4-5,11H,1-3H3. The lowest BCUT2D eigenvalue weighted by molar-refractivity contribution is -0.0335. The fourth-order valence-corrected chi connectivity index (χ4v) is 4.81. The van der Waals surface area contributed by atoms with Crippen LogP contribution in [0.5, 0.6) is 5.75 Å². The van der Waals surface area contributed by atoms with Crippen molar-refractivity contribution in [3.05, 3.63) is 41.1 Å². The molecule has 5 rings (SSSR count). The molecule has 2 aliphatic heterocycles. The number of benzene rings is 1. The lowest BCUT2D eigenvalue weighted by Crippen LogP contribution is -2.42. The van der Waals surface area contributed by atoms with Crippen LogP contribution in [0.3, 0.4) is 0 Å². The number of oxazole rings is 1. The molecule has 1 aliphatic carbocycles. The van der Waals surface area contributed by atoms with Gasteiger partial charge in [0.25, 0.3) is 5.91 Å². The Morgan fingerprint density at radius 1 is 1.11 bits per heavy atom. The van der Waals surface area contributed by atoms with E-state index in [0.717, 1.165) is 67.2 Å². The van der Waals surface area contributed by atoms with Gasteiger partial charge in [-0.25, -0.2) is 4.98 Å². The van der Waals surface area contributed by atoms with Gasteiger partial charge in [0.05, 0.1) is 25.9 Å². The van der Waals surface area contributed by atoms with E-state index < -0.39 is 0 Å². The molecule has 198 valence electrons. The Labute approximate surface area is 220 Å². The number of thiol groups is 1. The number of rotatable bonds is 7. The number of carbonyl (C=O) groups is 1. The van der Waals surface area contributed by atoms with Gasteiger partial charge in [0.15, 0.2) is 5.69 Å². The van der Waals surface area contributed by atoms with Gasteiger partial charge < -0.3 is 29.0 Å². The monoisotopic (exact) mass is 516 g/mol. The van der Waals surface area contributed by atoms with Crippen molar-refractivity contribution in [1.82, 2.24) is 20.1 Å². The van der Waals surface area contributed by atoms with Gasteiger partial charge in [-0.2, -0.15) is 0 Å². The van der Waals surface area contributed by atoms with Crippen molar-refractivity contribution in [2.24, 2.45) is 0 Å². The Bertz CT molecular complexity index is 994. The largest absolute Gasteiger partial charge is 0.497 e. The summed E-state index contributed by atoms with van der Waals surface area (Å²) in [5.74, 6) is 1.47. The number of methoxy groups -OCH3 is 1. The summed E-state index contributed by atoms with van der Waals surface area (Å²) < 4.78 is 16.7. The Kier molecular flexibility index (Phi) is 9.33. The van der Waals surface area contributed by atoms with Crippen molar-refractivity contribution in [3.8, 4) is 5.75 Å². The highest BCUT2D eigenvalue weighted by atomic mass is 32.1. The molecule has 1 N–H and O–H groups in total. The molecule has 0 radical (unpaired) electrons. The SMILES string of the molecule is CN1CCC(OC2CCN(C(=O)c3coc(CNC4CC4)n3)CC2)C1.COc1cc(C)c(S)c(C)c1. The molecule has 3 heterocycles. The average Bonchev–Trinajstić information content (AvgIpc) is 3.43. The summed E-state index contributed by atoms with van der Waals surface area (Å²) in [6, 6.07) is 4.56. The van der Waals surface area contributed by atoms with Gasteiger partial charge in [-0.3, -0.25) is 4.79 Å². The quantitative estimate of drug-likeness (QED) is 0.541. The molecule has 0 spiro atoms. The third kappa shape index (κ3) is 7.47. The Morgan fingerprint density at radius 3 is 2.36 bits per heavy atom. The Morgan fingerprint density at radius 2 is 1.78 bits per heavy atom. The van der Waals surface area contributed by atoms with Crippen LogP contribution in [0.15, 0.2) is 27.7 Å². The molecule has 1 aromatic heterocycles. The second-order valence-corrected chi connectivity index (χ2v) is 10.6. The van der Waals surface area contributed by atoms with Crippen LogP contribution in [-0.4, -0.2) is 79.3 Å². The van der Waals surface area contributed by atoms with E-state index in [1.54, 1.807) is 7.11 Å². The van der Waals surface area contributed by atoms with Crippen molar-refractivity contribution >= 4 is 18.5 Å². The first-order valence-corrected chi connectivity index (χ1v) is 13.4. The summed E-state index contributed by atoms with van der Waals surface area (Å²) in [5.41, 5.74) is 2.74. The van der Waals surface area contributed by atoms with E-state index in [2.05, 4.69) is 34.9 Å². The molecule has 36 heavy (non-hydrogen) atoms. The van der Waals surface area contributed by atoms with Gasteiger partial charge in [-0.05, 0) is 76.3 Å². The average molecular weight is 517 g/mol. The van der Waals surface area contributed by atoms with Crippen LogP contribution in [0, 0.1) is 13.8 Å². The van der Waals surface area contributed by atoms with Gasteiger partial charge in [0.1, 0.15) is 12.0 Å². The lowest BCUT2D eigenvalue weighted by atomic mass is 10.1. The molecule has 1 saturated carbocycles. The summed E-state index contributed by atoms with van der Waals surface area (Å²) in [7, 11) is 3.81. The zero-order chi connectivity index (χ0) is 25.7. The minimum absolute atomic E-state index is 0.0273. The highest BCUT2D eigenvalue weighted by Gasteiger charge is 2.29. The molecule has 3 fully saturated rings. The van der Waals surface area contributed by atoms with Crippen LogP contribution < -0.4 is 10.1 Å². The van der Waals surface area contributed by atoms with E-state index in [-0.39, 0.29) is 12.0 Å². The van der Waals surface area contributed by atoms with Gasteiger partial charge >= 0.3 is 0 Å². The summed E-state index contributed by atoms with van der Waals surface area (Å²) >= 11 is 4.34. The second-order valence-electron chi connectivity index (χ2n) is 10.2. The van der Waals surface area contributed by atoms with Crippen LogP contribution in [0.2, 0.25) is 0 Å². The maximum Gasteiger partial charge on any atom is 0.275 e. The number of carbonyl (C=O) groups excluding carboxylic acids is 1. The lowest BCUT2D eigenvalue weighted by Gasteiger charge is -2.32. The number of nitrogens with one attached hydrogen (secondary N) is 1. The predicted octanol–water partition coefficient (Wildman–Crippen LogP) is 3.85. The topological polar surface area (TPSA) is 80.1 Å². The third-order valence-electron chi connectivity index (χ3n) is 7.05. The summed E-state index contributed by atoms with van der Waals surface area (Å²) in [5, 5.41) is 3.35. The van der Waals surface area contributed by atoms with Crippen LogP contribution in [0.1, 0.15) is 59.6 Å². The number of nitrogens with zero attached hydrogens (tertiary/aromatic N) is 3. The number of piperidine rings is 1. The van der Waals surface area contributed by atoms with Gasteiger partial charge in [0.2, 0.25) is 5.89 Å². The normalized spacial score (nSPS) is 20.8. The van der Waals surface area contributed by atoms with Crippen LogP contribution >= 0.6 is 12.6 Å². The zero-order valence-electron chi connectivity index (χ0n) is 22.0. The van der Waals surface area contributed by atoms with Crippen molar-refractivity contribution in [3.63, 3.8) is 0 Å². The molecule has 9 heteroatoms. The number of likely N-dealkylation sites (N-methyl/N-ethyl adjacent to an activating group) is 1. The third-order valence-corrected chi connectivity index (χ3v) is 7.76. The van der Waals surface area contributed by atoms with Crippen LogP contribution in [-0.2, 0) is 11.3 Å². The first kappa shape index (κ1) is 27.0. The number of amides is 1. The van der Waals surface area contributed by atoms with E-state index in [1.165, 1.54) is 19.1 Å². The zero-order valence-corrected chi connectivity index (χ0v) is 22.9.